The molecule has 3 unspecified atom stereocenters. The lowest BCUT2D eigenvalue weighted by Crippen LogP contribution is -2.55. The molecule has 114 valence electrons. The Morgan fingerprint density at radius 1 is 1.21 bits per heavy atom. The Kier molecular flexibility index (Phi) is 8.67. The van der Waals surface area contributed by atoms with Crippen LogP contribution in [0.3, 0.4) is 0 Å². The van der Waals surface area contributed by atoms with E-state index in [9.17, 15) is 0 Å². The summed E-state index contributed by atoms with van der Waals surface area (Å²) in [4.78, 5) is 2.62. The van der Waals surface area contributed by atoms with Crippen molar-refractivity contribution >= 4 is 0 Å². The molecule has 0 bridgehead atoms. The molecule has 19 heavy (non-hydrogen) atoms. The summed E-state index contributed by atoms with van der Waals surface area (Å²) in [7, 11) is 0. The van der Waals surface area contributed by atoms with Gasteiger partial charge in [-0.25, -0.2) is 0 Å². The summed E-state index contributed by atoms with van der Waals surface area (Å²) >= 11 is 0. The van der Waals surface area contributed by atoms with E-state index in [1.807, 2.05) is 0 Å². The van der Waals surface area contributed by atoms with Crippen LogP contribution < -0.4 is 5.73 Å². The maximum absolute atomic E-state index is 6.02. The van der Waals surface area contributed by atoms with Gasteiger partial charge in [0.25, 0.3) is 0 Å². The summed E-state index contributed by atoms with van der Waals surface area (Å²) in [5, 5.41) is 0. The van der Waals surface area contributed by atoms with Crippen LogP contribution in [0.5, 0.6) is 0 Å². The number of unbranched alkanes of at least 4 members (excludes halogenated alkanes) is 4. The SMILES string of the molecule is CCCCCCCC(CN)N1CC(C)OCC1CC. The van der Waals surface area contributed by atoms with Crippen molar-refractivity contribution in [1.29, 1.82) is 0 Å². The van der Waals surface area contributed by atoms with E-state index in [1.165, 1.54) is 44.9 Å². The molecule has 0 amide bonds. The maximum atomic E-state index is 6.02. The van der Waals surface area contributed by atoms with Gasteiger partial charge in [0.2, 0.25) is 0 Å². The fourth-order valence-electron chi connectivity index (χ4n) is 3.07. The molecule has 3 atom stereocenters. The number of nitrogens with two attached hydrogens (primary N) is 1. The number of nitrogens with zero attached hydrogens (tertiary/aromatic N) is 1. The summed E-state index contributed by atoms with van der Waals surface area (Å²) < 4.78 is 5.78. The minimum Gasteiger partial charge on any atom is -0.376 e. The van der Waals surface area contributed by atoms with Crippen LogP contribution >= 0.6 is 0 Å². The highest BCUT2D eigenvalue weighted by Crippen LogP contribution is 2.20. The Labute approximate surface area is 119 Å². The number of hydrogen-bond acceptors (Lipinski definition) is 3. The van der Waals surface area contributed by atoms with E-state index >= 15 is 0 Å². The molecule has 0 aromatic heterocycles. The van der Waals surface area contributed by atoms with Gasteiger partial charge in [0, 0.05) is 25.2 Å². The van der Waals surface area contributed by atoms with Crippen LogP contribution in [0.25, 0.3) is 0 Å². The average Bonchev–Trinajstić information content (AvgIpc) is 2.43. The highest BCUT2D eigenvalue weighted by atomic mass is 16.5. The van der Waals surface area contributed by atoms with Gasteiger partial charge in [0.15, 0.2) is 0 Å². The van der Waals surface area contributed by atoms with Gasteiger partial charge in [-0.05, 0) is 19.8 Å². The molecule has 0 aliphatic carbocycles. The van der Waals surface area contributed by atoms with Gasteiger partial charge in [-0.3, -0.25) is 4.90 Å². The topological polar surface area (TPSA) is 38.5 Å². The zero-order valence-corrected chi connectivity index (χ0v) is 13.2. The lowest BCUT2D eigenvalue weighted by atomic mass is 10.0. The van der Waals surface area contributed by atoms with Crippen molar-refractivity contribution in [3.63, 3.8) is 0 Å². The summed E-state index contributed by atoms with van der Waals surface area (Å²) in [5.74, 6) is 0. The third kappa shape index (κ3) is 5.80. The van der Waals surface area contributed by atoms with Crippen LogP contribution in [-0.2, 0) is 4.74 Å². The summed E-state index contributed by atoms with van der Waals surface area (Å²) in [6, 6.07) is 1.12. The van der Waals surface area contributed by atoms with E-state index in [0.29, 0.717) is 18.2 Å². The van der Waals surface area contributed by atoms with Gasteiger partial charge in [0.1, 0.15) is 0 Å². The van der Waals surface area contributed by atoms with Gasteiger partial charge >= 0.3 is 0 Å². The van der Waals surface area contributed by atoms with Gasteiger partial charge in [-0.2, -0.15) is 0 Å². The predicted octanol–water partition coefficient (Wildman–Crippen LogP) is 3.17. The molecule has 1 aliphatic heterocycles. The molecular weight excluding hydrogens is 236 g/mol. The van der Waals surface area contributed by atoms with Crippen molar-refractivity contribution < 1.29 is 4.74 Å². The molecule has 1 saturated heterocycles. The largest absolute Gasteiger partial charge is 0.376 e. The monoisotopic (exact) mass is 270 g/mol. The van der Waals surface area contributed by atoms with Crippen LogP contribution in [-0.4, -0.2) is 42.8 Å². The fourth-order valence-corrected chi connectivity index (χ4v) is 3.07. The number of rotatable bonds is 9. The molecule has 0 radical (unpaired) electrons. The average molecular weight is 270 g/mol. The van der Waals surface area contributed by atoms with Crippen molar-refractivity contribution in [3.05, 3.63) is 0 Å². The Hall–Kier alpha value is -0.120. The lowest BCUT2D eigenvalue weighted by molar-refractivity contribution is -0.0724. The van der Waals surface area contributed by atoms with Crippen LogP contribution in [0.4, 0.5) is 0 Å². The quantitative estimate of drug-likeness (QED) is 0.654. The zero-order valence-electron chi connectivity index (χ0n) is 13.2. The normalized spacial score (nSPS) is 26.5. The second-order valence-corrected chi connectivity index (χ2v) is 6.00. The molecule has 0 spiro atoms. The first-order valence-corrected chi connectivity index (χ1v) is 8.30. The molecule has 1 heterocycles. The van der Waals surface area contributed by atoms with Crippen LogP contribution in [0.2, 0.25) is 0 Å². The van der Waals surface area contributed by atoms with Crippen molar-refractivity contribution in [2.24, 2.45) is 5.73 Å². The van der Waals surface area contributed by atoms with Crippen LogP contribution in [0.1, 0.15) is 65.7 Å². The van der Waals surface area contributed by atoms with E-state index in [0.717, 1.165) is 19.7 Å². The summed E-state index contributed by atoms with van der Waals surface area (Å²) in [6.07, 6.45) is 9.54. The van der Waals surface area contributed by atoms with E-state index in [-0.39, 0.29) is 0 Å². The van der Waals surface area contributed by atoms with E-state index in [2.05, 4.69) is 25.7 Å². The highest BCUT2D eigenvalue weighted by Gasteiger charge is 2.30. The van der Waals surface area contributed by atoms with Crippen molar-refractivity contribution in [2.45, 2.75) is 83.9 Å². The Bertz CT molecular complexity index is 223. The third-order valence-electron chi connectivity index (χ3n) is 4.36. The third-order valence-corrected chi connectivity index (χ3v) is 4.36. The van der Waals surface area contributed by atoms with Gasteiger partial charge < -0.3 is 10.5 Å². The molecule has 0 aromatic rings. The molecule has 1 fully saturated rings. The Morgan fingerprint density at radius 3 is 2.58 bits per heavy atom. The summed E-state index contributed by atoms with van der Waals surface area (Å²) in [6.45, 7) is 9.42. The Morgan fingerprint density at radius 2 is 1.95 bits per heavy atom. The molecule has 2 N–H and O–H groups in total. The van der Waals surface area contributed by atoms with E-state index in [4.69, 9.17) is 10.5 Å². The van der Waals surface area contributed by atoms with Gasteiger partial charge in [0.05, 0.1) is 12.7 Å². The van der Waals surface area contributed by atoms with E-state index < -0.39 is 0 Å². The second kappa shape index (κ2) is 9.73. The summed E-state index contributed by atoms with van der Waals surface area (Å²) in [5.41, 5.74) is 6.02. The number of morpholine rings is 1. The second-order valence-electron chi connectivity index (χ2n) is 6.00. The highest BCUT2D eigenvalue weighted by molar-refractivity contribution is 4.84. The molecule has 1 aliphatic rings. The standard InChI is InChI=1S/C16H34N2O/c1-4-6-7-8-9-10-16(11-17)18-12-14(3)19-13-15(18)5-2/h14-16H,4-13,17H2,1-3H3. The van der Waals surface area contributed by atoms with Crippen molar-refractivity contribution in [3.8, 4) is 0 Å². The van der Waals surface area contributed by atoms with Crippen LogP contribution in [0, 0.1) is 0 Å². The fraction of sp³-hybridized carbons (Fsp3) is 1.00. The van der Waals surface area contributed by atoms with Gasteiger partial charge in [-0.1, -0.05) is 46.0 Å². The van der Waals surface area contributed by atoms with E-state index in [1.54, 1.807) is 0 Å². The first-order valence-electron chi connectivity index (χ1n) is 8.30. The lowest BCUT2D eigenvalue weighted by Gasteiger charge is -2.43. The smallest absolute Gasteiger partial charge is 0.0674 e. The first-order chi connectivity index (χ1) is 9.22. The first kappa shape index (κ1) is 16.9. The van der Waals surface area contributed by atoms with Gasteiger partial charge in [-0.15, -0.1) is 0 Å². The minimum atomic E-state index is 0.358. The molecule has 0 saturated carbocycles. The molecule has 3 heteroatoms. The molecule has 0 aromatic carbocycles. The van der Waals surface area contributed by atoms with Crippen molar-refractivity contribution in [2.75, 3.05) is 19.7 Å². The number of hydrogen-bond donors (Lipinski definition) is 1. The molecular formula is C16H34N2O. The molecule has 1 rings (SSSR count). The number of ether oxygens (including phenoxy) is 1. The minimum absolute atomic E-state index is 0.358. The Balaban J connectivity index is 2.37. The van der Waals surface area contributed by atoms with Crippen LogP contribution in [0.15, 0.2) is 0 Å². The predicted molar refractivity (Wildman–Crippen MR) is 82.4 cm³/mol. The maximum Gasteiger partial charge on any atom is 0.0674 e. The van der Waals surface area contributed by atoms with Crippen molar-refractivity contribution in [1.82, 2.24) is 4.90 Å². The zero-order chi connectivity index (χ0) is 14.1. The molecule has 3 nitrogen and oxygen atoms in total.